The number of benzene rings is 2. The van der Waals surface area contributed by atoms with Crippen LogP contribution in [0.1, 0.15) is 23.7 Å². The average Bonchev–Trinajstić information content (AvgIpc) is 3.08. The van der Waals surface area contributed by atoms with Crippen molar-refractivity contribution in [3.8, 4) is 16.9 Å². The van der Waals surface area contributed by atoms with Gasteiger partial charge < -0.3 is 20.1 Å². The molecule has 1 atom stereocenters. The van der Waals surface area contributed by atoms with Crippen molar-refractivity contribution in [1.82, 2.24) is 4.57 Å². The van der Waals surface area contributed by atoms with Gasteiger partial charge in [0, 0.05) is 30.9 Å². The summed E-state index contributed by atoms with van der Waals surface area (Å²) >= 11 is 0. The fourth-order valence-corrected chi connectivity index (χ4v) is 4.11. The molecule has 0 saturated heterocycles. The SMILES string of the molecule is Cc1c(C(N)COCCCO)cc(-c2ccc(S(C)(=O)=O)cc2)n1-c1ccc(F)cc1. The highest BCUT2D eigenvalue weighted by Crippen LogP contribution is 2.32. The first-order valence-electron chi connectivity index (χ1n) is 9.95. The maximum atomic E-state index is 13.5. The van der Waals surface area contributed by atoms with Gasteiger partial charge in [0.05, 0.1) is 23.2 Å². The number of nitrogens with two attached hydrogens (primary N) is 1. The van der Waals surface area contributed by atoms with Gasteiger partial charge in [-0.3, -0.25) is 0 Å². The third-order valence-corrected chi connectivity index (χ3v) is 6.22. The molecular formula is C23H27FN2O4S. The number of aliphatic hydroxyl groups is 1. The summed E-state index contributed by atoms with van der Waals surface area (Å²) in [6, 6.07) is 14.3. The minimum Gasteiger partial charge on any atom is -0.396 e. The molecule has 3 N–H and O–H groups in total. The van der Waals surface area contributed by atoms with Crippen LogP contribution in [-0.2, 0) is 14.6 Å². The number of ether oxygens (including phenoxy) is 1. The second-order valence-corrected chi connectivity index (χ2v) is 9.45. The Balaban J connectivity index is 2.05. The van der Waals surface area contributed by atoms with Gasteiger partial charge in [-0.1, -0.05) is 12.1 Å². The van der Waals surface area contributed by atoms with Crippen LogP contribution in [-0.4, -0.2) is 44.2 Å². The minimum absolute atomic E-state index is 0.0584. The molecule has 1 aromatic heterocycles. The van der Waals surface area contributed by atoms with E-state index in [1.54, 1.807) is 36.4 Å². The molecule has 0 radical (unpaired) electrons. The lowest BCUT2D eigenvalue weighted by Crippen LogP contribution is -2.18. The van der Waals surface area contributed by atoms with Crippen LogP contribution in [0, 0.1) is 12.7 Å². The van der Waals surface area contributed by atoms with E-state index in [2.05, 4.69) is 0 Å². The maximum absolute atomic E-state index is 13.5. The Kier molecular flexibility index (Phi) is 7.27. The van der Waals surface area contributed by atoms with E-state index >= 15 is 0 Å². The van der Waals surface area contributed by atoms with E-state index < -0.39 is 15.9 Å². The van der Waals surface area contributed by atoms with Crippen molar-refractivity contribution >= 4 is 9.84 Å². The minimum atomic E-state index is -3.30. The highest BCUT2D eigenvalue weighted by molar-refractivity contribution is 7.90. The Hall–Kier alpha value is -2.52. The lowest BCUT2D eigenvalue weighted by Gasteiger charge is -2.15. The fourth-order valence-electron chi connectivity index (χ4n) is 3.48. The van der Waals surface area contributed by atoms with Crippen LogP contribution < -0.4 is 5.73 Å². The molecule has 0 amide bonds. The molecule has 3 aromatic rings. The van der Waals surface area contributed by atoms with Gasteiger partial charge in [-0.05, 0) is 66.9 Å². The van der Waals surface area contributed by atoms with Gasteiger partial charge in [-0.25, -0.2) is 12.8 Å². The topological polar surface area (TPSA) is 94.6 Å². The van der Waals surface area contributed by atoms with E-state index in [0.29, 0.717) is 19.6 Å². The molecule has 0 spiro atoms. The molecule has 0 aliphatic rings. The van der Waals surface area contributed by atoms with Gasteiger partial charge in [0.2, 0.25) is 0 Å². The average molecular weight is 447 g/mol. The summed E-state index contributed by atoms with van der Waals surface area (Å²) in [7, 11) is -3.30. The molecule has 6 nitrogen and oxygen atoms in total. The Bertz CT molecular complexity index is 1120. The third kappa shape index (κ3) is 5.40. The Morgan fingerprint density at radius 3 is 2.35 bits per heavy atom. The second kappa shape index (κ2) is 9.74. The summed E-state index contributed by atoms with van der Waals surface area (Å²) in [4.78, 5) is 0.238. The summed E-state index contributed by atoms with van der Waals surface area (Å²) in [5.74, 6) is -0.332. The van der Waals surface area contributed by atoms with Crippen molar-refractivity contribution in [2.45, 2.75) is 24.3 Å². The molecule has 0 aliphatic carbocycles. The predicted octanol–water partition coefficient (Wildman–Crippen LogP) is 3.39. The van der Waals surface area contributed by atoms with E-state index in [4.69, 9.17) is 15.6 Å². The Morgan fingerprint density at radius 2 is 1.77 bits per heavy atom. The molecule has 0 bridgehead atoms. The first-order chi connectivity index (χ1) is 14.7. The van der Waals surface area contributed by atoms with Crippen molar-refractivity contribution in [1.29, 1.82) is 0 Å². The summed E-state index contributed by atoms with van der Waals surface area (Å²) in [6.45, 7) is 2.70. The molecule has 1 heterocycles. The van der Waals surface area contributed by atoms with Gasteiger partial charge in [-0.2, -0.15) is 0 Å². The number of hydrogen-bond acceptors (Lipinski definition) is 5. The van der Waals surface area contributed by atoms with Crippen molar-refractivity contribution < 1.29 is 22.7 Å². The summed E-state index contributed by atoms with van der Waals surface area (Å²) in [6.07, 6.45) is 1.71. The number of hydrogen-bond donors (Lipinski definition) is 2. The zero-order chi connectivity index (χ0) is 22.6. The molecule has 1 unspecified atom stereocenters. The maximum Gasteiger partial charge on any atom is 0.175 e. The molecule has 2 aromatic carbocycles. The summed E-state index contributed by atoms with van der Waals surface area (Å²) < 4.78 is 44.6. The normalized spacial score (nSPS) is 12.8. The highest BCUT2D eigenvalue weighted by atomic mass is 32.2. The highest BCUT2D eigenvalue weighted by Gasteiger charge is 2.20. The van der Waals surface area contributed by atoms with E-state index in [-0.39, 0.29) is 17.3 Å². The van der Waals surface area contributed by atoms with Gasteiger partial charge >= 0.3 is 0 Å². The lowest BCUT2D eigenvalue weighted by atomic mass is 10.1. The standard InChI is InChI=1S/C23H27FN2O4S/c1-16-21(22(25)15-30-13-3-12-27)14-23(26(16)19-8-6-18(24)7-9-19)17-4-10-20(11-5-17)31(2,28)29/h4-11,14,22,27H,3,12-13,15,25H2,1-2H3. The number of nitrogens with zero attached hydrogens (tertiary/aromatic N) is 1. The largest absolute Gasteiger partial charge is 0.396 e. The summed E-state index contributed by atoms with van der Waals surface area (Å²) in [5, 5.41) is 8.89. The van der Waals surface area contributed by atoms with Crippen LogP contribution >= 0.6 is 0 Å². The zero-order valence-corrected chi connectivity index (χ0v) is 18.4. The molecule has 166 valence electrons. The monoisotopic (exact) mass is 446 g/mol. The van der Waals surface area contributed by atoms with E-state index in [9.17, 15) is 12.8 Å². The lowest BCUT2D eigenvalue weighted by molar-refractivity contribution is 0.105. The van der Waals surface area contributed by atoms with Gasteiger partial charge in [0.15, 0.2) is 9.84 Å². The van der Waals surface area contributed by atoms with E-state index in [0.717, 1.165) is 28.2 Å². The molecule has 0 fully saturated rings. The smallest absolute Gasteiger partial charge is 0.175 e. The van der Waals surface area contributed by atoms with Crippen molar-refractivity contribution in [2.75, 3.05) is 26.1 Å². The van der Waals surface area contributed by atoms with Gasteiger partial charge in [0.1, 0.15) is 5.82 Å². The van der Waals surface area contributed by atoms with Gasteiger partial charge in [-0.15, -0.1) is 0 Å². The van der Waals surface area contributed by atoms with Crippen LogP contribution in [0.5, 0.6) is 0 Å². The van der Waals surface area contributed by atoms with Crippen molar-refractivity contribution in [3.05, 3.63) is 71.7 Å². The third-order valence-electron chi connectivity index (χ3n) is 5.09. The van der Waals surface area contributed by atoms with Crippen LogP contribution in [0.4, 0.5) is 4.39 Å². The molecular weight excluding hydrogens is 419 g/mol. The number of aromatic nitrogens is 1. The fraction of sp³-hybridized carbons (Fsp3) is 0.304. The molecule has 8 heteroatoms. The molecule has 0 aliphatic heterocycles. The first kappa shape index (κ1) is 23.1. The number of halogens is 1. The Labute approximate surface area is 182 Å². The number of rotatable bonds is 9. The number of sulfone groups is 1. The summed E-state index contributed by atoms with van der Waals surface area (Å²) in [5.41, 5.74) is 10.5. The molecule has 3 rings (SSSR count). The predicted molar refractivity (Wildman–Crippen MR) is 118 cm³/mol. The molecule has 31 heavy (non-hydrogen) atoms. The quantitative estimate of drug-likeness (QED) is 0.492. The Morgan fingerprint density at radius 1 is 1.13 bits per heavy atom. The van der Waals surface area contributed by atoms with E-state index in [1.807, 2.05) is 17.6 Å². The van der Waals surface area contributed by atoms with Crippen molar-refractivity contribution in [2.24, 2.45) is 5.73 Å². The van der Waals surface area contributed by atoms with Crippen LogP contribution in [0.2, 0.25) is 0 Å². The van der Waals surface area contributed by atoms with Crippen LogP contribution in [0.25, 0.3) is 16.9 Å². The second-order valence-electron chi connectivity index (χ2n) is 7.44. The molecule has 0 saturated carbocycles. The van der Waals surface area contributed by atoms with Gasteiger partial charge in [0.25, 0.3) is 0 Å². The van der Waals surface area contributed by atoms with Crippen LogP contribution in [0.3, 0.4) is 0 Å². The van der Waals surface area contributed by atoms with Crippen LogP contribution in [0.15, 0.2) is 59.5 Å². The zero-order valence-electron chi connectivity index (χ0n) is 17.6. The first-order valence-corrected chi connectivity index (χ1v) is 11.8. The van der Waals surface area contributed by atoms with E-state index in [1.165, 1.54) is 18.4 Å². The number of aliphatic hydroxyl groups excluding tert-OH is 1. The van der Waals surface area contributed by atoms with Crippen molar-refractivity contribution in [3.63, 3.8) is 0 Å².